The Balaban J connectivity index is 1.66. The van der Waals surface area contributed by atoms with Gasteiger partial charge >= 0.3 is 5.97 Å². The second kappa shape index (κ2) is 8.17. The number of amides is 1. The highest BCUT2D eigenvalue weighted by molar-refractivity contribution is 7.08. The van der Waals surface area contributed by atoms with Gasteiger partial charge in [-0.2, -0.15) is 11.3 Å². The van der Waals surface area contributed by atoms with E-state index >= 15 is 0 Å². The van der Waals surface area contributed by atoms with Crippen LogP contribution in [-0.2, 0) is 4.74 Å². The molecule has 1 saturated heterocycles. The Bertz CT molecular complexity index is 845. The summed E-state index contributed by atoms with van der Waals surface area (Å²) in [6.45, 7) is 1.35. The first-order valence-electron chi connectivity index (χ1n) is 8.44. The van der Waals surface area contributed by atoms with Crippen molar-refractivity contribution in [2.24, 2.45) is 0 Å². The van der Waals surface area contributed by atoms with Gasteiger partial charge in [0.25, 0.3) is 11.6 Å². The summed E-state index contributed by atoms with van der Waals surface area (Å²) in [5.41, 5.74) is 1.06. The van der Waals surface area contributed by atoms with E-state index < -0.39 is 10.9 Å². The van der Waals surface area contributed by atoms with Crippen molar-refractivity contribution in [2.75, 3.05) is 25.1 Å². The summed E-state index contributed by atoms with van der Waals surface area (Å²) in [6.07, 6.45) is 1.50. The molecule has 0 unspecified atom stereocenters. The predicted molar refractivity (Wildman–Crippen MR) is 101 cm³/mol. The third-order valence-corrected chi connectivity index (χ3v) is 5.24. The zero-order valence-electron chi connectivity index (χ0n) is 14.7. The number of piperidine rings is 1. The topological polar surface area (TPSA) is 102 Å². The van der Waals surface area contributed by atoms with Crippen LogP contribution in [0.2, 0.25) is 0 Å². The number of carbonyl (C=O) groups excluding carboxylic acids is 2. The van der Waals surface area contributed by atoms with Gasteiger partial charge in [0.15, 0.2) is 0 Å². The van der Waals surface area contributed by atoms with E-state index in [4.69, 9.17) is 0 Å². The van der Waals surface area contributed by atoms with Gasteiger partial charge in [-0.15, -0.1) is 0 Å². The van der Waals surface area contributed by atoms with Crippen LogP contribution in [0, 0.1) is 10.1 Å². The van der Waals surface area contributed by atoms with Gasteiger partial charge < -0.3 is 15.0 Å². The fourth-order valence-corrected chi connectivity index (χ4v) is 3.73. The van der Waals surface area contributed by atoms with Crippen molar-refractivity contribution in [3.63, 3.8) is 0 Å². The number of esters is 1. The monoisotopic (exact) mass is 389 g/mol. The number of thiophene rings is 1. The molecule has 0 radical (unpaired) electrons. The minimum Gasteiger partial charge on any atom is -0.465 e. The molecule has 1 fully saturated rings. The Morgan fingerprint density at radius 2 is 2.04 bits per heavy atom. The SMILES string of the molecule is COC(=O)c1cc(N2CCC(NC(=O)c3ccsc3)CC2)ccc1[N+](=O)[O-]. The standard InChI is InChI=1S/C18H19N3O5S/c1-26-18(23)15-10-14(2-3-16(15)21(24)25)20-7-4-13(5-8-20)19-17(22)12-6-9-27-11-12/h2-3,6,9-11,13H,4-5,7-8H2,1H3,(H,19,22). The molecule has 9 heteroatoms. The van der Waals surface area contributed by atoms with Crippen LogP contribution in [0.5, 0.6) is 0 Å². The van der Waals surface area contributed by atoms with Crippen LogP contribution in [0.3, 0.4) is 0 Å². The Kier molecular flexibility index (Phi) is 5.70. The molecule has 1 N–H and O–H groups in total. The van der Waals surface area contributed by atoms with E-state index in [1.54, 1.807) is 12.1 Å². The lowest BCUT2D eigenvalue weighted by Crippen LogP contribution is -2.44. The number of nitro benzene ring substituents is 1. The van der Waals surface area contributed by atoms with Crippen molar-refractivity contribution >= 4 is 34.6 Å². The number of anilines is 1. The molecule has 0 atom stereocenters. The molecule has 1 aliphatic rings. The highest BCUT2D eigenvalue weighted by Gasteiger charge is 2.25. The lowest BCUT2D eigenvalue weighted by atomic mass is 10.0. The van der Waals surface area contributed by atoms with Gasteiger partial charge in [0.1, 0.15) is 5.56 Å². The number of hydrogen-bond donors (Lipinski definition) is 1. The highest BCUT2D eigenvalue weighted by Crippen LogP contribution is 2.27. The van der Waals surface area contributed by atoms with E-state index in [-0.39, 0.29) is 23.2 Å². The fourth-order valence-electron chi connectivity index (χ4n) is 3.10. The van der Waals surface area contributed by atoms with Crippen LogP contribution in [0.4, 0.5) is 11.4 Å². The molecule has 0 spiro atoms. The van der Waals surface area contributed by atoms with E-state index in [2.05, 4.69) is 10.1 Å². The zero-order chi connectivity index (χ0) is 19.4. The van der Waals surface area contributed by atoms with Crippen molar-refractivity contribution in [3.05, 3.63) is 56.3 Å². The van der Waals surface area contributed by atoms with E-state index in [0.717, 1.165) is 18.5 Å². The number of nitro groups is 1. The van der Waals surface area contributed by atoms with Crippen LogP contribution in [0.25, 0.3) is 0 Å². The molecule has 8 nitrogen and oxygen atoms in total. The molecule has 142 valence electrons. The summed E-state index contributed by atoms with van der Waals surface area (Å²) in [6, 6.07) is 6.32. The molecule has 0 bridgehead atoms. The van der Waals surface area contributed by atoms with Crippen molar-refractivity contribution in [1.82, 2.24) is 5.32 Å². The van der Waals surface area contributed by atoms with E-state index in [1.165, 1.54) is 30.6 Å². The van der Waals surface area contributed by atoms with Crippen molar-refractivity contribution in [1.29, 1.82) is 0 Å². The van der Waals surface area contributed by atoms with Crippen molar-refractivity contribution in [2.45, 2.75) is 18.9 Å². The van der Waals surface area contributed by atoms with Gasteiger partial charge in [-0.3, -0.25) is 14.9 Å². The summed E-state index contributed by atoms with van der Waals surface area (Å²) in [7, 11) is 1.19. The number of nitrogens with zero attached hydrogens (tertiary/aromatic N) is 2. The Morgan fingerprint density at radius 1 is 1.30 bits per heavy atom. The average molecular weight is 389 g/mol. The van der Waals surface area contributed by atoms with Crippen LogP contribution in [0.15, 0.2) is 35.0 Å². The number of hydrogen-bond acceptors (Lipinski definition) is 7. The number of nitrogens with one attached hydrogen (secondary N) is 1. The third kappa shape index (κ3) is 4.25. The molecule has 0 aliphatic carbocycles. The molecule has 0 saturated carbocycles. The molecule has 2 aromatic rings. The van der Waals surface area contributed by atoms with Gasteiger partial charge in [-0.25, -0.2) is 4.79 Å². The van der Waals surface area contributed by atoms with Crippen molar-refractivity contribution in [3.8, 4) is 0 Å². The molecule has 1 amide bonds. The van der Waals surface area contributed by atoms with Gasteiger partial charge in [0.05, 0.1) is 12.0 Å². The quantitative estimate of drug-likeness (QED) is 0.479. The van der Waals surface area contributed by atoms with Gasteiger partial charge in [-0.1, -0.05) is 0 Å². The summed E-state index contributed by atoms with van der Waals surface area (Å²) in [5.74, 6) is -0.806. The van der Waals surface area contributed by atoms with Crippen LogP contribution >= 0.6 is 11.3 Å². The smallest absolute Gasteiger partial charge is 0.344 e. The normalized spacial score (nSPS) is 14.6. The van der Waals surface area contributed by atoms with Crippen LogP contribution < -0.4 is 10.2 Å². The maximum absolute atomic E-state index is 12.1. The number of ether oxygens (including phenoxy) is 1. The summed E-state index contributed by atoms with van der Waals surface area (Å²) < 4.78 is 4.66. The van der Waals surface area contributed by atoms with Gasteiger partial charge in [0.2, 0.25) is 0 Å². The van der Waals surface area contributed by atoms with E-state index in [0.29, 0.717) is 18.7 Å². The Labute approximate surface area is 159 Å². The first-order valence-corrected chi connectivity index (χ1v) is 9.38. The van der Waals surface area contributed by atoms with Gasteiger partial charge in [0, 0.05) is 41.8 Å². The van der Waals surface area contributed by atoms with E-state index in [1.807, 2.05) is 15.7 Å². The third-order valence-electron chi connectivity index (χ3n) is 4.56. The zero-order valence-corrected chi connectivity index (χ0v) is 15.5. The second-order valence-electron chi connectivity index (χ2n) is 6.20. The minimum absolute atomic E-state index is 0.0621. The Hall–Kier alpha value is -2.94. The molecular weight excluding hydrogens is 370 g/mol. The maximum atomic E-state index is 12.1. The second-order valence-corrected chi connectivity index (χ2v) is 6.98. The molecule has 1 aromatic heterocycles. The van der Waals surface area contributed by atoms with Crippen LogP contribution in [0.1, 0.15) is 33.6 Å². The number of methoxy groups -OCH3 is 1. The largest absolute Gasteiger partial charge is 0.465 e. The van der Waals surface area contributed by atoms with Gasteiger partial charge in [-0.05, 0) is 36.4 Å². The number of rotatable bonds is 5. The number of carbonyl (C=O) groups is 2. The lowest BCUT2D eigenvalue weighted by molar-refractivity contribution is -0.385. The molecule has 1 aromatic carbocycles. The number of benzene rings is 1. The Morgan fingerprint density at radius 3 is 2.63 bits per heavy atom. The summed E-state index contributed by atoms with van der Waals surface area (Å²) in [4.78, 5) is 36.6. The summed E-state index contributed by atoms with van der Waals surface area (Å²) >= 11 is 1.48. The average Bonchev–Trinajstić information content (AvgIpc) is 3.22. The predicted octanol–water partition coefficient (Wildman–Crippen LogP) is 2.84. The molecule has 1 aliphatic heterocycles. The molecule has 27 heavy (non-hydrogen) atoms. The van der Waals surface area contributed by atoms with Crippen LogP contribution in [-0.4, -0.2) is 43.0 Å². The maximum Gasteiger partial charge on any atom is 0.344 e. The highest BCUT2D eigenvalue weighted by atomic mass is 32.1. The first-order chi connectivity index (χ1) is 13.0. The lowest BCUT2D eigenvalue weighted by Gasteiger charge is -2.34. The first kappa shape index (κ1) is 18.8. The molecule has 3 rings (SSSR count). The molecule has 2 heterocycles. The fraction of sp³-hybridized carbons (Fsp3) is 0.333. The van der Waals surface area contributed by atoms with E-state index in [9.17, 15) is 19.7 Å². The minimum atomic E-state index is -0.735. The summed E-state index contributed by atoms with van der Waals surface area (Å²) in [5, 5.41) is 17.8. The molecular formula is C18H19N3O5S. The van der Waals surface area contributed by atoms with Crippen molar-refractivity contribution < 1.29 is 19.2 Å².